The zero-order valence-electron chi connectivity index (χ0n) is 10.2. The molecule has 0 aromatic carbocycles. The van der Waals surface area contributed by atoms with E-state index >= 15 is 0 Å². The van der Waals surface area contributed by atoms with Crippen molar-refractivity contribution in [2.45, 2.75) is 25.9 Å². The summed E-state index contributed by atoms with van der Waals surface area (Å²) < 4.78 is 5.05. The third-order valence-electron chi connectivity index (χ3n) is 2.02. The Labute approximate surface area is 99.5 Å². The smallest absolute Gasteiger partial charge is 0.322 e. The van der Waals surface area contributed by atoms with Crippen molar-refractivity contribution in [2.24, 2.45) is 0 Å². The van der Waals surface area contributed by atoms with E-state index in [-0.39, 0.29) is 18.9 Å². The van der Waals surface area contributed by atoms with Gasteiger partial charge in [0.05, 0.1) is 18.6 Å². The quantitative estimate of drug-likeness (QED) is 0.541. The van der Waals surface area contributed by atoms with Crippen LogP contribution in [0.3, 0.4) is 0 Å². The van der Waals surface area contributed by atoms with Gasteiger partial charge >= 0.3 is 5.97 Å². The molecule has 0 fully saturated rings. The van der Waals surface area contributed by atoms with Crippen molar-refractivity contribution in [3.05, 3.63) is 0 Å². The highest BCUT2D eigenvalue weighted by Crippen LogP contribution is 2.11. The molecule has 17 heavy (non-hydrogen) atoms. The predicted octanol–water partition coefficient (Wildman–Crippen LogP) is -0.881. The molecule has 0 aliphatic carbocycles. The maximum atomic E-state index is 11.4. The second-order valence-corrected chi connectivity index (χ2v) is 4.09. The van der Waals surface area contributed by atoms with Crippen molar-refractivity contribution < 1.29 is 24.2 Å². The average molecular weight is 246 g/mol. The first-order valence-electron chi connectivity index (χ1n) is 5.07. The van der Waals surface area contributed by atoms with E-state index < -0.39 is 24.0 Å². The zero-order chi connectivity index (χ0) is 13.5. The minimum atomic E-state index is -1.13. The Morgan fingerprint density at radius 1 is 1.12 bits per heavy atom. The maximum absolute atomic E-state index is 11.4. The second kappa shape index (κ2) is 6.85. The van der Waals surface area contributed by atoms with Gasteiger partial charge in [0.25, 0.3) is 0 Å². The van der Waals surface area contributed by atoms with Gasteiger partial charge < -0.3 is 20.5 Å². The van der Waals surface area contributed by atoms with Crippen LogP contribution in [0.5, 0.6) is 0 Å². The molecular formula is C10H18N2O5. The molecule has 2 amide bonds. The molecule has 0 unspecified atom stereocenters. The van der Waals surface area contributed by atoms with Gasteiger partial charge in [-0.15, -0.1) is 0 Å². The number of hydrogen-bond donors (Lipinski definition) is 3. The van der Waals surface area contributed by atoms with Crippen molar-refractivity contribution in [1.82, 2.24) is 10.6 Å². The van der Waals surface area contributed by atoms with Crippen molar-refractivity contribution in [3.63, 3.8) is 0 Å². The molecule has 0 aliphatic heterocycles. The minimum Gasteiger partial charge on any atom is -0.480 e. The molecule has 0 heterocycles. The molecule has 0 rings (SSSR count). The van der Waals surface area contributed by atoms with Crippen molar-refractivity contribution in [2.75, 3.05) is 20.2 Å². The molecule has 3 N–H and O–H groups in total. The Morgan fingerprint density at radius 3 is 2.12 bits per heavy atom. The Morgan fingerprint density at radius 2 is 1.65 bits per heavy atom. The fraction of sp³-hybridized carbons (Fsp3) is 0.700. The van der Waals surface area contributed by atoms with Crippen molar-refractivity contribution in [3.8, 4) is 0 Å². The first-order valence-corrected chi connectivity index (χ1v) is 5.07. The van der Waals surface area contributed by atoms with Crippen LogP contribution in [0.25, 0.3) is 0 Å². The Balaban J connectivity index is 3.84. The van der Waals surface area contributed by atoms with Crippen molar-refractivity contribution >= 4 is 17.8 Å². The number of hydrogen-bond acceptors (Lipinski definition) is 4. The standard InChI is InChI=1S/C10H18N2O5/c1-10(2,17-3)4-7(13)11-5-8(14)12-6-9(15)16/h4-6H2,1-3H3,(H,11,13)(H,12,14)(H,15,16). The molecule has 0 saturated heterocycles. The Hall–Kier alpha value is -1.63. The summed E-state index contributed by atoms with van der Waals surface area (Å²) in [4.78, 5) is 32.6. The monoisotopic (exact) mass is 246 g/mol. The van der Waals surface area contributed by atoms with Gasteiger partial charge in [0.1, 0.15) is 6.54 Å². The molecule has 0 aromatic rings. The molecule has 0 atom stereocenters. The lowest BCUT2D eigenvalue weighted by Gasteiger charge is -2.21. The summed E-state index contributed by atoms with van der Waals surface area (Å²) >= 11 is 0. The van der Waals surface area contributed by atoms with Crippen molar-refractivity contribution in [1.29, 1.82) is 0 Å². The van der Waals surface area contributed by atoms with Crippen LogP contribution in [-0.4, -0.2) is 48.7 Å². The summed E-state index contributed by atoms with van der Waals surface area (Å²) in [6, 6.07) is 0. The second-order valence-electron chi connectivity index (χ2n) is 4.09. The molecular weight excluding hydrogens is 228 g/mol. The highest BCUT2D eigenvalue weighted by molar-refractivity contribution is 5.86. The molecule has 7 heteroatoms. The van der Waals surface area contributed by atoms with Gasteiger partial charge in [0.2, 0.25) is 11.8 Å². The fourth-order valence-corrected chi connectivity index (χ4v) is 0.937. The van der Waals surface area contributed by atoms with Gasteiger partial charge in [-0.25, -0.2) is 0 Å². The molecule has 0 radical (unpaired) electrons. The van der Waals surface area contributed by atoms with E-state index in [1.54, 1.807) is 13.8 Å². The number of carboxylic acids is 1. The van der Waals surface area contributed by atoms with Gasteiger partial charge in [0, 0.05) is 7.11 Å². The number of methoxy groups -OCH3 is 1. The molecule has 0 aliphatic rings. The van der Waals surface area contributed by atoms with E-state index in [0.29, 0.717) is 0 Å². The first-order chi connectivity index (χ1) is 7.76. The Bertz CT molecular complexity index is 301. The number of rotatable bonds is 7. The topological polar surface area (TPSA) is 105 Å². The molecule has 0 bridgehead atoms. The van der Waals surface area contributed by atoms with Crippen LogP contribution >= 0.6 is 0 Å². The first kappa shape index (κ1) is 15.4. The summed E-state index contributed by atoms with van der Waals surface area (Å²) in [6.45, 7) is 2.79. The lowest BCUT2D eigenvalue weighted by atomic mass is 10.1. The van der Waals surface area contributed by atoms with Gasteiger partial charge in [-0.2, -0.15) is 0 Å². The van der Waals surface area contributed by atoms with E-state index in [1.165, 1.54) is 7.11 Å². The molecule has 98 valence electrons. The van der Waals surface area contributed by atoms with Gasteiger partial charge in [-0.3, -0.25) is 14.4 Å². The number of amides is 2. The summed E-state index contributed by atoms with van der Waals surface area (Å²) in [7, 11) is 1.49. The number of carboxylic acid groups (broad SMARTS) is 1. The number of carbonyl (C=O) groups is 3. The number of ether oxygens (including phenoxy) is 1. The molecule has 0 spiro atoms. The van der Waals surface area contributed by atoms with Crippen LogP contribution in [0.15, 0.2) is 0 Å². The zero-order valence-corrected chi connectivity index (χ0v) is 10.2. The molecule has 7 nitrogen and oxygen atoms in total. The van der Waals surface area contributed by atoms with E-state index in [9.17, 15) is 14.4 Å². The Kier molecular flexibility index (Phi) is 6.19. The average Bonchev–Trinajstić information content (AvgIpc) is 2.23. The molecule has 0 saturated carbocycles. The summed E-state index contributed by atoms with van der Waals surface area (Å²) in [5, 5.41) is 12.8. The fourth-order valence-electron chi connectivity index (χ4n) is 0.937. The van der Waals surface area contributed by atoms with Gasteiger partial charge in [0.15, 0.2) is 0 Å². The maximum Gasteiger partial charge on any atom is 0.322 e. The highest BCUT2D eigenvalue weighted by atomic mass is 16.5. The van der Waals surface area contributed by atoms with Crippen LogP contribution in [0, 0.1) is 0 Å². The lowest BCUT2D eigenvalue weighted by molar-refractivity contribution is -0.137. The minimum absolute atomic E-state index is 0.121. The highest BCUT2D eigenvalue weighted by Gasteiger charge is 2.21. The predicted molar refractivity (Wildman–Crippen MR) is 59.4 cm³/mol. The van der Waals surface area contributed by atoms with E-state index in [1.807, 2.05) is 0 Å². The third kappa shape index (κ3) is 8.21. The van der Waals surface area contributed by atoms with Crippen LogP contribution in [0.1, 0.15) is 20.3 Å². The largest absolute Gasteiger partial charge is 0.480 e. The number of aliphatic carboxylic acids is 1. The van der Waals surface area contributed by atoms with E-state index in [0.717, 1.165) is 0 Å². The van der Waals surface area contributed by atoms with Crippen LogP contribution in [0.2, 0.25) is 0 Å². The summed E-state index contributed by atoms with van der Waals surface area (Å²) in [5.41, 5.74) is -0.596. The van der Waals surface area contributed by atoms with E-state index in [4.69, 9.17) is 9.84 Å². The number of nitrogens with one attached hydrogen (secondary N) is 2. The number of carbonyl (C=O) groups excluding carboxylic acids is 2. The normalized spacial score (nSPS) is 10.8. The van der Waals surface area contributed by atoms with Crippen LogP contribution < -0.4 is 10.6 Å². The van der Waals surface area contributed by atoms with Gasteiger partial charge in [-0.1, -0.05) is 0 Å². The third-order valence-corrected chi connectivity index (χ3v) is 2.02. The SMILES string of the molecule is COC(C)(C)CC(=O)NCC(=O)NCC(=O)O. The van der Waals surface area contributed by atoms with Gasteiger partial charge in [-0.05, 0) is 13.8 Å². The van der Waals surface area contributed by atoms with E-state index in [2.05, 4.69) is 10.6 Å². The van der Waals surface area contributed by atoms with Crippen LogP contribution in [0.4, 0.5) is 0 Å². The lowest BCUT2D eigenvalue weighted by Crippen LogP contribution is -2.41. The summed E-state index contributed by atoms with van der Waals surface area (Å²) in [5.74, 6) is -2.01. The summed E-state index contributed by atoms with van der Waals surface area (Å²) in [6.07, 6.45) is 0.121. The van der Waals surface area contributed by atoms with Crippen LogP contribution in [-0.2, 0) is 19.1 Å². The molecule has 0 aromatic heterocycles.